The van der Waals surface area contributed by atoms with Gasteiger partial charge in [-0.3, -0.25) is 4.79 Å². The third-order valence-electron chi connectivity index (χ3n) is 6.14. The molecule has 4 rings (SSSR count). The number of amides is 3. The van der Waals surface area contributed by atoms with Crippen LogP contribution in [0.2, 0.25) is 0 Å². The molecule has 2 aliphatic rings. The predicted molar refractivity (Wildman–Crippen MR) is 121 cm³/mol. The summed E-state index contributed by atoms with van der Waals surface area (Å²) >= 11 is 0. The number of benzene rings is 2. The molecule has 2 saturated heterocycles. The Hall–Kier alpha value is -2.86. The fraction of sp³-hybridized carbons (Fsp3) is 0.440. The van der Waals surface area contributed by atoms with Gasteiger partial charge in [0.25, 0.3) is 0 Å². The van der Waals surface area contributed by atoms with E-state index < -0.39 is 0 Å². The normalized spacial score (nSPS) is 17.7. The maximum absolute atomic E-state index is 12.7. The van der Waals surface area contributed by atoms with E-state index >= 15 is 0 Å². The van der Waals surface area contributed by atoms with E-state index in [1.807, 2.05) is 41.3 Å². The average Bonchev–Trinajstić information content (AvgIpc) is 3.45. The fourth-order valence-electron chi connectivity index (χ4n) is 4.46. The summed E-state index contributed by atoms with van der Waals surface area (Å²) in [5.74, 6) is 0.230. The molecule has 1 unspecified atom stereocenters. The van der Waals surface area contributed by atoms with Crippen molar-refractivity contribution in [2.45, 2.75) is 44.8 Å². The number of nitrogens with zero attached hydrogens (tertiary/aromatic N) is 2. The molecule has 0 aliphatic carbocycles. The molecule has 2 aromatic carbocycles. The second-order valence-corrected chi connectivity index (χ2v) is 8.54. The number of carbonyl (C=O) groups excluding carboxylic acids is 2. The summed E-state index contributed by atoms with van der Waals surface area (Å²) in [7, 11) is 0. The summed E-state index contributed by atoms with van der Waals surface area (Å²) in [6.07, 6.45) is 4.06. The standard InChI is InChI=1S/C25H32N4O2/c30-24-12-7-15-29(24)18-21-9-6-8-20(16-21)17-26-25(31)27-23(19-28-13-4-5-14-28)22-10-2-1-3-11-22/h1-3,6,8-11,16,23H,4-5,7,12-15,17-19H2,(H2,26,27,31). The van der Waals surface area contributed by atoms with Crippen LogP contribution < -0.4 is 10.6 Å². The Kier molecular flexibility index (Phi) is 7.20. The van der Waals surface area contributed by atoms with Crippen LogP contribution >= 0.6 is 0 Å². The van der Waals surface area contributed by atoms with Crippen LogP contribution in [0.25, 0.3) is 0 Å². The van der Waals surface area contributed by atoms with Crippen LogP contribution in [-0.4, -0.2) is 47.9 Å². The minimum atomic E-state index is -0.159. The number of nitrogens with one attached hydrogen (secondary N) is 2. The lowest BCUT2D eigenvalue weighted by Gasteiger charge is -2.25. The van der Waals surface area contributed by atoms with E-state index in [4.69, 9.17) is 0 Å². The molecule has 31 heavy (non-hydrogen) atoms. The Bertz CT molecular complexity index is 880. The second-order valence-electron chi connectivity index (χ2n) is 8.54. The van der Waals surface area contributed by atoms with Crippen molar-refractivity contribution >= 4 is 11.9 Å². The number of hydrogen-bond acceptors (Lipinski definition) is 3. The zero-order chi connectivity index (χ0) is 21.5. The van der Waals surface area contributed by atoms with Crippen LogP contribution in [0.1, 0.15) is 48.4 Å². The highest BCUT2D eigenvalue weighted by Crippen LogP contribution is 2.18. The van der Waals surface area contributed by atoms with Gasteiger partial charge in [-0.05, 0) is 49.0 Å². The molecule has 2 aliphatic heterocycles. The molecule has 0 bridgehead atoms. The van der Waals surface area contributed by atoms with Crippen LogP contribution in [0.4, 0.5) is 4.79 Å². The third kappa shape index (κ3) is 6.07. The fourth-order valence-corrected chi connectivity index (χ4v) is 4.46. The summed E-state index contributed by atoms with van der Waals surface area (Å²) in [6.45, 7) is 4.96. The summed E-state index contributed by atoms with van der Waals surface area (Å²) < 4.78 is 0. The van der Waals surface area contributed by atoms with E-state index in [0.717, 1.165) is 49.3 Å². The molecule has 0 saturated carbocycles. The third-order valence-corrected chi connectivity index (χ3v) is 6.14. The Morgan fingerprint density at radius 2 is 1.71 bits per heavy atom. The molecule has 2 heterocycles. The minimum Gasteiger partial charge on any atom is -0.338 e. The van der Waals surface area contributed by atoms with Gasteiger partial charge in [0.15, 0.2) is 0 Å². The first-order chi connectivity index (χ1) is 15.2. The van der Waals surface area contributed by atoms with Crippen molar-refractivity contribution in [1.82, 2.24) is 20.4 Å². The molecule has 2 N–H and O–H groups in total. The predicted octanol–water partition coefficient (Wildman–Crippen LogP) is 3.45. The van der Waals surface area contributed by atoms with E-state index in [2.05, 4.69) is 33.7 Å². The molecule has 0 radical (unpaired) electrons. The lowest BCUT2D eigenvalue weighted by molar-refractivity contribution is -0.128. The molecule has 2 fully saturated rings. The summed E-state index contributed by atoms with van der Waals surface area (Å²) in [4.78, 5) is 28.9. The summed E-state index contributed by atoms with van der Waals surface area (Å²) in [6, 6.07) is 18.1. The Balaban J connectivity index is 1.32. The van der Waals surface area contributed by atoms with E-state index in [0.29, 0.717) is 19.5 Å². The van der Waals surface area contributed by atoms with Gasteiger partial charge in [0.05, 0.1) is 6.04 Å². The highest BCUT2D eigenvalue weighted by Gasteiger charge is 2.21. The van der Waals surface area contributed by atoms with Crippen molar-refractivity contribution in [2.75, 3.05) is 26.2 Å². The molecular formula is C25H32N4O2. The second kappa shape index (κ2) is 10.4. The number of rotatable bonds is 8. The monoisotopic (exact) mass is 420 g/mol. The smallest absolute Gasteiger partial charge is 0.315 e. The minimum absolute atomic E-state index is 0.0354. The Morgan fingerprint density at radius 1 is 0.935 bits per heavy atom. The summed E-state index contributed by atoms with van der Waals surface area (Å²) in [5.41, 5.74) is 3.27. The topological polar surface area (TPSA) is 64.7 Å². The lowest BCUT2D eigenvalue weighted by atomic mass is 10.1. The van der Waals surface area contributed by atoms with Crippen molar-refractivity contribution < 1.29 is 9.59 Å². The number of likely N-dealkylation sites (tertiary alicyclic amines) is 2. The average molecular weight is 421 g/mol. The van der Waals surface area contributed by atoms with Gasteiger partial charge in [-0.2, -0.15) is 0 Å². The molecule has 6 heteroatoms. The highest BCUT2D eigenvalue weighted by atomic mass is 16.2. The van der Waals surface area contributed by atoms with Gasteiger partial charge in [-0.15, -0.1) is 0 Å². The highest BCUT2D eigenvalue weighted by molar-refractivity contribution is 5.78. The van der Waals surface area contributed by atoms with Crippen molar-refractivity contribution in [2.24, 2.45) is 0 Å². The van der Waals surface area contributed by atoms with Gasteiger partial charge in [0.2, 0.25) is 5.91 Å². The Labute approximate surface area is 184 Å². The maximum Gasteiger partial charge on any atom is 0.315 e. The zero-order valence-corrected chi connectivity index (χ0v) is 18.1. The molecule has 0 spiro atoms. The quantitative estimate of drug-likeness (QED) is 0.688. The van der Waals surface area contributed by atoms with E-state index in [9.17, 15) is 9.59 Å². The SMILES string of the molecule is O=C(NCc1cccc(CN2CCCC2=O)c1)NC(CN1CCCC1)c1ccccc1. The van der Waals surface area contributed by atoms with Crippen molar-refractivity contribution in [3.05, 3.63) is 71.3 Å². The Morgan fingerprint density at radius 3 is 2.45 bits per heavy atom. The molecule has 0 aromatic heterocycles. The number of carbonyl (C=O) groups is 2. The number of hydrogen-bond donors (Lipinski definition) is 2. The molecule has 3 amide bonds. The van der Waals surface area contributed by atoms with Gasteiger partial charge in [-0.25, -0.2) is 4.79 Å². The molecule has 6 nitrogen and oxygen atoms in total. The van der Waals surface area contributed by atoms with Crippen LogP contribution in [-0.2, 0) is 17.9 Å². The van der Waals surface area contributed by atoms with Crippen molar-refractivity contribution in [3.8, 4) is 0 Å². The van der Waals surface area contributed by atoms with Gasteiger partial charge in [0.1, 0.15) is 0 Å². The lowest BCUT2D eigenvalue weighted by Crippen LogP contribution is -2.42. The van der Waals surface area contributed by atoms with Crippen molar-refractivity contribution in [3.63, 3.8) is 0 Å². The molecule has 2 aromatic rings. The molecular weight excluding hydrogens is 388 g/mol. The maximum atomic E-state index is 12.7. The van der Waals surface area contributed by atoms with E-state index in [-0.39, 0.29) is 18.0 Å². The van der Waals surface area contributed by atoms with Gasteiger partial charge in [-0.1, -0.05) is 54.6 Å². The largest absolute Gasteiger partial charge is 0.338 e. The van der Waals surface area contributed by atoms with Crippen LogP contribution in [0, 0.1) is 0 Å². The van der Waals surface area contributed by atoms with Crippen LogP contribution in [0.15, 0.2) is 54.6 Å². The number of urea groups is 1. The van der Waals surface area contributed by atoms with Gasteiger partial charge in [0, 0.05) is 32.6 Å². The van der Waals surface area contributed by atoms with Crippen LogP contribution in [0.3, 0.4) is 0 Å². The first kappa shape index (κ1) is 21.4. The van der Waals surface area contributed by atoms with E-state index in [1.165, 1.54) is 12.8 Å². The molecule has 164 valence electrons. The first-order valence-electron chi connectivity index (χ1n) is 11.3. The molecule has 1 atom stereocenters. The summed E-state index contributed by atoms with van der Waals surface area (Å²) in [5, 5.41) is 6.17. The first-order valence-corrected chi connectivity index (χ1v) is 11.3. The van der Waals surface area contributed by atoms with Gasteiger partial charge >= 0.3 is 6.03 Å². The zero-order valence-electron chi connectivity index (χ0n) is 18.1. The van der Waals surface area contributed by atoms with Crippen molar-refractivity contribution in [1.29, 1.82) is 0 Å². The van der Waals surface area contributed by atoms with Gasteiger partial charge < -0.3 is 20.4 Å². The van der Waals surface area contributed by atoms with E-state index in [1.54, 1.807) is 0 Å². The van der Waals surface area contributed by atoms with Crippen LogP contribution in [0.5, 0.6) is 0 Å².